The topological polar surface area (TPSA) is 92.4 Å². The molecule has 0 radical (unpaired) electrons. The van der Waals surface area contributed by atoms with Gasteiger partial charge in [0.1, 0.15) is 0 Å². The Labute approximate surface area is 108 Å². The van der Waals surface area contributed by atoms with Crippen LogP contribution in [0.25, 0.3) is 0 Å². The molecule has 0 aliphatic rings. The maximum Gasteiger partial charge on any atom is 0.241 e. The van der Waals surface area contributed by atoms with Gasteiger partial charge in [0.2, 0.25) is 10.0 Å². The second-order valence-corrected chi connectivity index (χ2v) is 6.44. The van der Waals surface area contributed by atoms with Crippen molar-refractivity contribution in [2.24, 2.45) is 0 Å². The zero-order valence-electron chi connectivity index (χ0n) is 10.9. The summed E-state index contributed by atoms with van der Waals surface area (Å²) in [5, 5.41) is 9.25. The number of aryl methyl sites for hydroxylation is 1. The standard InChI is InChI=1S/C12H20N2O3S/c1-4-12(3,8-15)14-18(16,17)11-6-9(2)5-10(13)7-11/h5-7,14-15H,4,8,13H2,1-3H3. The van der Waals surface area contributed by atoms with Gasteiger partial charge in [-0.05, 0) is 44.0 Å². The van der Waals surface area contributed by atoms with E-state index in [2.05, 4.69) is 4.72 Å². The summed E-state index contributed by atoms with van der Waals surface area (Å²) in [6, 6.07) is 4.65. The molecule has 5 nitrogen and oxygen atoms in total. The minimum Gasteiger partial charge on any atom is -0.399 e. The molecule has 1 rings (SSSR count). The molecule has 0 aliphatic carbocycles. The third-order valence-corrected chi connectivity index (χ3v) is 4.51. The lowest BCUT2D eigenvalue weighted by Crippen LogP contribution is -2.48. The minimum atomic E-state index is -3.68. The van der Waals surface area contributed by atoms with E-state index in [9.17, 15) is 13.5 Å². The van der Waals surface area contributed by atoms with Gasteiger partial charge in [-0.15, -0.1) is 0 Å². The SMILES string of the molecule is CCC(C)(CO)NS(=O)(=O)c1cc(C)cc(N)c1. The van der Waals surface area contributed by atoms with Crippen LogP contribution in [0.5, 0.6) is 0 Å². The van der Waals surface area contributed by atoms with Crippen molar-refractivity contribution in [1.82, 2.24) is 4.72 Å². The third kappa shape index (κ3) is 3.44. The lowest BCUT2D eigenvalue weighted by molar-refractivity contribution is 0.191. The molecule has 1 aromatic rings. The molecule has 6 heteroatoms. The summed E-state index contributed by atoms with van der Waals surface area (Å²) >= 11 is 0. The summed E-state index contributed by atoms with van der Waals surface area (Å²) in [4.78, 5) is 0.119. The molecule has 0 aromatic heterocycles. The Balaban J connectivity index is 3.14. The van der Waals surface area contributed by atoms with Gasteiger partial charge < -0.3 is 10.8 Å². The smallest absolute Gasteiger partial charge is 0.241 e. The molecular formula is C12H20N2O3S. The second-order valence-electron chi connectivity index (χ2n) is 4.76. The summed E-state index contributed by atoms with van der Waals surface area (Å²) < 4.78 is 26.9. The van der Waals surface area contributed by atoms with E-state index >= 15 is 0 Å². The van der Waals surface area contributed by atoms with E-state index in [1.165, 1.54) is 6.07 Å². The van der Waals surface area contributed by atoms with Gasteiger partial charge in [-0.2, -0.15) is 0 Å². The normalized spacial score (nSPS) is 15.3. The van der Waals surface area contributed by atoms with Crippen molar-refractivity contribution in [2.75, 3.05) is 12.3 Å². The molecule has 0 saturated heterocycles. The second kappa shape index (κ2) is 5.26. The largest absolute Gasteiger partial charge is 0.399 e. The summed E-state index contributed by atoms with van der Waals surface area (Å²) in [7, 11) is -3.68. The number of aliphatic hydroxyl groups is 1. The molecule has 0 saturated carbocycles. The lowest BCUT2D eigenvalue weighted by atomic mass is 10.0. The first kappa shape index (κ1) is 14.9. The first-order valence-electron chi connectivity index (χ1n) is 5.74. The zero-order chi connectivity index (χ0) is 14.0. The monoisotopic (exact) mass is 272 g/mol. The molecule has 4 N–H and O–H groups in total. The van der Waals surface area contributed by atoms with E-state index in [0.717, 1.165) is 5.56 Å². The van der Waals surface area contributed by atoms with Crippen LogP contribution in [0.15, 0.2) is 23.1 Å². The Bertz CT molecular complexity index is 502. The molecular weight excluding hydrogens is 252 g/mol. The summed E-state index contributed by atoms with van der Waals surface area (Å²) in [5.41, 5.74) is 5.96. The quantitative estimate of drug-likeness (QED) is 0.698. The Morgan fingerprint density at radius 2 is 2.00 bits per heavy atom. The number of nitrogens with one attached hydrogen (secondary N) is 1. The lowest BCUT2D eigenvalue weighted by Gasteiger charge is -2.26. The Hall–Kier alpha value is -1.11. The molecule has 0 fully saturated rings. The molecule has 0 heterocycles. The molecule has 0 spiro atoms. The van der Waals surface area contributed by atoms with Crippen LogP contribution in [0.4, 0.5) is 5.69 Å². The highest BCUT2D eigenvalue weighted by atomic mass is 32.2. The maximum atomic E-state index is 12.2. The van der Waals surface area contributed by atoms with E-state index in [1.807, 2.05) is 6.92 Å². The molecule has 1 unspecified atom stereocenters. The number of anilines is 1. The van der Waals surface area contributed by atoms with Crippen molar-refractivity contribution in [3.05, 3.63) is 23.8 Å². The van der Waals surface area contributed by atoms with E-state index in [1.54, 1.807) is 26.0 Å². The minimum absolute atomic E-state index is 0.119. The maximum absolute atomic E-state index is 12.2. The number of hydrogen-bond acceptors (Lipinski definition) is 4. The van der Waals surface area contributed by atoms with Crippen LogP contribution in [-0.2, 0) is 10.0 Å². The van der Waals surface area contributed by atoms with E-state index in [0.29, 0.717) is 12.1 Å². The van der Waals surface area contributed by atoms with Gasteiger partial charge in [0.05, 0.1) is 17.0 Å². The van der Waals surface area contributed by atoms with Gasteiger partial charge in [-0.3, -0.25) is 0 Å². The van der Waals surface area contributed by atoms with Crippen LogP contribution in [0.1, 0.15) is 25.8 Å². The number of rotatable bonds is 5. The van der Waals surface area contributed by atoms with Crippen molar-refractivity contribution < 1.29 is 13.5 Å². The predicted octanol–water partition coefficient (Wildman–Crippen LogP) is 1.02. The van der Waals surface area contributed by atoms with Crippen LogP contribution >= 0.6 is 0 Å². The van der Waals surface area contributed by atoms with Crippen LogP contribution in [0.3, 0.4) is 0 Å². The van der Waals surface area contributed by atoms with Gasteiger partial charge >= 0.3 is 0 Å². The number of benzene rings is 1. The van der Waals surface area contributed by atoms with Crippen LogP contribution in [0, 0.1) is 6.92 Å². The Morgan fingerprint density at radius 3 is 2.44 bits per heavy atom. The summed E-state index contributed by atoms with van der Waals surface area (Å²) in [6.07, 6.45) is 0.490. The fraction of sp³-hybridized carbons (Fsp3) is 0.500. The fourth-order valence-corrected chi connectivity index (χ4v) is 3.14. The molecule has 1 aromatic carbocycles. The number of nitrogen functional groups attached to an aromatic ring is 1. The number of hydrogen-bond donors (Lipinski definition) is 3. The van der Waals surface area contributed by atoms with Crippen molar-refractivity contribution in [3.63, 3.8) is 0 Å². The molecule has 18 heavy (non-hydrogen) atoms. The third-order valence-electron chi connectivity index (χ3n) is 2.89. The van der Waals surface area contributed by atoms with Crippen molar-refractivity contribution in [2.45, 2.75) is 37.6 Å². The molecule has 1 atom stereocenters. The summed E-state index contributed by atoms with van der Waals surface area (Å²) in [6.45, 7) is 4.98. The van der Waals surface area contributed by atoms with E-state index in [4.69, 9.17) is 5.73 Å². The van der Waals surface area contributed by atoms with Gasteiger partial charge in [0.15, 0.2) is 0 Å². The molecule has 0 aliphatic heterocycles. The number of aliphatic hydroxyl groups excluding tert-OH is 1. The predicted molar refractivity (Wildman–Crippen MR) is 71.7 cm³/mol. The van der Waals surface area contributed by atoms with Crippen LogP contribution in [-0.4, -0.2) is 25.7 Å². The zero-order valence-corrected chi connectivity index (χ0v) is 11.7. The van der Waals surface area contributed by atoms with Gasteiger partial charge in [0.25, 0.3) is 0 Å². The Morgan fingerprint density at radius 1 is 1.39 bits per heavy atom. The molecule has 102 valence electrons. The van der Waals surface area contributed by atoms with Gasteiger partial charge in [0, 0.05) is 5.69 Å². The number of nitrogens with two attached hydrogens (primary N) is 1. The fourth-order valence-electron chi connectivity index (χ4n) is 1.53. The average Bonchev–Trinajstić information content (AvgIpc) is 2.27. The highest BCUT2D eigenvalue weighted by Gasteiger charge is 2.28. The molecule has 0 bridgehead atoms. The summed E-state index contributed by atoms with van der Waals surface area (Å²) in [5.74, 6) is 0. The van der Waals surface area contributed by atoms with Gasteiger partial charge in [-0.1, -0.05) is 6.92 Å². The van der Waals surface area contributed by atoms with E-state index in [-0.39, 0.29) is 11.5 Å². The first-order valence-corrected chi connectivity index (χ1v) is 7.23. The Kier molecular flexibility index (Phi) is 4.37. The van der Waals surface area contributed by atoms with Crippen molar-refractivity contribution >= 4 is 15.7 Å². The first-order chi connectivity index (χ1) is 8.22. The van der Waals surface area contributed by atoms with Crippen LogP contribution < -0.4 is 10.5 Å². The number of sulfonamides is 1. The van der Waals surface area contributed by atoms with Crippen LogP contribution in [0.2, 0.25) is 0 Å². The van der Waals surface area contributed by atoms with E-state index < -0.39 is 15.6 Å². The van der Waals surface area contributed by atoms with Crippen molar-refractivity contribution in [3.8, 4) is 0 Å². The average molecular weight is 272 g/mol. The molecule has 0 amide bonds. The highest BCUT2D eigenvalue weighted by molar-refractivity contribution is 7.89. The van der Waals surface area contributed by atoms with Gasteiger partial charge in [-0.25, -0.2) is 13.1 Å². The van der Waals surface area contributed by atoms with Crippen molar-refractivity contribution in [1.29, 1.82) is 0 Å². The highest BCUT2D eigenvalue weighted by Crippen LogP contribution is 2.19.